The highest BCUT2D eigenvalue weighted by atomic mass is 79.9. The molecule has 2 heterocycles. The van der Waals surface area contributed by atoms with Crippen LogP contribution in [0.2, 0.25) is 0 Å². The smallest absolute Gasteiger partial charge is 0.0828 e. The lowest BCUT2D eigenvalue weighted by Crippen LogP contribution is -2.27. The van der Waals surface area contributed by atoms with Gasteiger partial charge < -0.3 is 4.74 Å². The highest BCUT2D eigenvalue weighted by molar-refractivity contribution is 9.09. The Labute approximate surface area is 91.2 Å². The van der Waals surface area contributed by atoms with Gasteiger partial charge in [-0.3, -0.25) is 0 Å². The van der Waals surface area contributed by atoms with Crippen LogP contribution >= 0.6 is 27.3 Å². The predicted octanol–water partition coefficient (Wildman–Crippen LogP) is 3.75. The van der Waals surface area contributed by atoms with Crippen LogP contribution in [0.3, 0.4) is 0 Å². The van der Waals surface area contributed by atoms with Gasteiger partial charge in [-0.15, -0.1) is 11.3 Å². The number of thiophene rings is 1. The van der Waals surface area contributed by atoms with Gasteiger partial charge in [-0.1, -0.05) is 22.0 Å². The maximum absolute atomic E-state index is 5.79. The SMILES string of the molecule is CC1(C(Br)c2cccs2)CCCO1. The summed E-state index contributed by atoms with van der Waals surface area (Å²) >= 11 is 5.52. The Morgan fingerprint density at radius 1 is 1.69 bits per heavy atom. The van der Waals surface area contributed by atoms with E-state index in [2.05, 4.69) is 40.4 Å². The van der Waals surface area contributed by atoms with Gasteiger partial charge in [0, 0.05) is 11.5 Å². The van der Waals surface area contributed by atoms with Crippen molar-refractivity contribution in [3.8, 4) is 0 Å². The lowest BCUT2D eigenvalue weighted by atomic mass is 9.98. The molecule has 0 bridgehead atoms. The molecule has 3 heteroatoms. The van der Waals surface area contributed by atoms with E-state index in [-0.39, 0.29) is 5.60 Å². The minimum absolute atomic E-state index is 0.00481. The van der Waals surface area contributed by atoms with Gasteiger partial charge in [0.05, 0.1) is 10.4 Å². The van der Waals surface area contributed by atoms with Crippen molar-refractivity contribution in [3.05, 3.63) is 22.4 Å². The summed E-state index contributed by atoms with van der Waals surface area (Å²) in [4.78, 5) is 1.71. The molecule has 72 valence electrons. The summed E-state index contributed by atoms with van der Waals surface area (Å²) in [5.74, 6) is 0. The summed E-state index contributed by atoms with van der Waals surface area (Å²) in [6.45, 7) is 3.10. The van der Waals surface area contributed by atoms with Crippen molar-refractivity contribution in [2.75, 3.05) is 6.61 Å². The van der Waals surface area contributed by atoms with Crippen molar-refractivity contribution in [3.63, 3.8) is 0 Å². The summed E-state index contributed by atoms with van der Waals surface area (Å²) in [6, 6.07) is 4.25. The summed E-state index contributed by atoms with van der Waals surface area (Å²) in [7, 11) is 0. The molecule has 0 aliphatic carbocycles. The van der Waals surface area contributed by atoms with Crippen LogP contribution in [-0.2, 0) is 4.74 Å². The van der Waals surface area contributed by atoms with Gasteiger partial charge in [-0.05, 0) is 31.2 Å². The monoisotopic (exact) mass is 260 g/mol. The third kappa shape index (κ3) is 1.83. The van der Waals surface area contributed by atoms with Crippen LogP contribution in [0.25, 0.3) is 0 Å². The van der Waals surface area contributed by atoms with Crippen LogP contribution < -0.4 is 0 Å². The van der Waals surface area contributed by atoms with Gasteiger partial charge in [-0.2, -0.15) is 0 Å². The van der Waals surface area contributed by atoms with E-state index in [9.17, 15) is 0 Å². The average Bonchev–Trinajstić information content (AvgIpc) is 2.73. The molecular weight excluding hydrogens is 248 g/mol. The fourth-order valence-electron chi connectivity index (χ4n) is 1.74. The van der Waals surface area contributed by atoms with Crippen LogP contribution in [0.4, 0.5) is 0 Å². The predicted molar refractivity (Wildman–Crippen MR) is 59.6 cm³/mol. The molecule has 1 fully saturated rings. The number of hydrogen-bond donors (Lipinski definition) is 0. The zero-order valence-electron chi connectivity index (χ0n) is 7.63. The fourth-order valence-corrected chi connectivity index (χ4v) is 3.41. The normalized spacial score (nSPS) is 30.6. The van der Waals surface area contributed by atoms with Gasteiger partial charge in [0.1, 0.15) is 0 Å². The first kappa shape index (κ1) is 9.69. The largest absolute Gasteiger partial charge is 0.374 e. The molecule has 2 rings (SSSR count). The maximum Gasteiger partial charge on any atom is 0.0828 e. The third-order valence-corrected chi connectivity index (χ3v) is 5.28. The van der Waals surface area contributed by atoms with Crippen LogP contribution in [0.15, 0.2) is 17.5 Å². The molecule has 0 spiro atoms. The van der Waals surface area contributed by atoms with E-state index in [0.29, 0.717) is 4.83 Å². The molecule has 0 saturated carbocycles. The van der Waals surface area contributed by atoms with E-state index in [1.165, 1.54) is 11.3 Å². The Hall–Kier alpha value is 0.140. The quantitative estimate of drug-likeness (QED) is 0.737. The number of rotatable bonds is 2. The van der Waals surface area contributed by atoms with E-state index in [1.54, 1.807) is 11.3 Å². The fraction of sp³-hybridized carbons (Fsp3) is 0.600. The lowest BCUT2D eigenvalue weighted by Gasteiger charge is -2.28. The zero-order chi connectivity index (χ0) is 9.31. The Kier molecular flexibility index (Phi) is 2.77. The van der Waals surface area contributed by atoms with E-state index < -0.39 is 0 Å². The molecule has 1 aliphatic heterocycles. The first-order valence-corrected chi connectivity index (χ1v) is 6.33. The summed E-state index contributed by atoms with van der Waals surface area (Å²) in [5.41, 5.74) is 0.00481. The van der Waals surface area contributed by atoms with E-state index in [1.807, 2.05) is 0 Å². The Bertz CT molecular complexity index is 264. The topological polar surface area (TPSA) is 9.23 Å². The molecule has 2 atom stereocenters. The summed E-state index contributed by atoms with van der Waals surface area (Å²) in [6.07, 6.45) is 2.34. The summed E-state index contributed by atoms with van der Waals surface area (Å²) < 4.78 is 5.79. The summed E-state index contributed by atoms with van der Waals surface area (Å²) in [5, 5.41) is 2.11. The molecule has 1 nitrogen and oxygen atoms in total. The van der Waals surface area contributed by atoms with Crippen LogP contribution in [0.1, 0.15) is 29.5 Å². The second-order valence-corrected chi connectivity index (χ2v) is 5.54. The van der Waals surface area contributed by atoms with Gasteiger partial charge in [0.2, 0.25) is 0 Å². The van der Waals surface area contributed by atoms with Gasteiger partial charge in [0.25, 0.3) is 0 Å². The molecule has 0 N–H and O–H groups in total. The Morgan fingerprint density at radius 2 is 2.54 bits per heavy atom. The molecular formula is C10H13BrOS. The average molecular weight is 261 g/mol. The highest BCUT2D eigenvalue weighted by Gasteiger charge is 2.38. The minimum atomic E-state index is 0.00481. The highest BCUT2D eigenvalue weighted by Crippen LogP contribution is 2.44. The van der Waals surface area contributed by atoms with Crippen molar-refractivity contribution in [2.24, 2.45) is 0 Å². The maximum atomic E-state index is 5.79. The first-order valence-electron chi connectivity index (χ1n) is 4.54. The molecule has 13 heavy (non-hydrogen) atoms. The lowest BCUT2D eigenvalue weighted by molar-refractivity contribution is 0.0204. The molecule has 1 saturated heterocycles. The van der Waals surface area contributed by atoms with E-state index in [0.717, 1.165) is 13.0 Å². The molecule has 1 aromatic rings. The third-order valence-electron chi connectivity index (χ3n) is 2.58. The molecule has 1 aliphatic rings. The molecule has 0 radical (unpaired) electrons. The molecule has 0 aromatic carbocycles. The molecule has 0 amide bonds. The zero-order valence-corrected chi connectivity index (χ0v) is 10.0. The van der Waals surface area contributed by atoms with Crippen LogP contribution in [0, 0.1) is 0 Å². The number of halogens is 1. The van der Waals surface area contributed by atoms with Crippen LogP contribution in [0.5, 0.6) is 0 Å². The van der Waals surface area contributed by atoms with Crippen LogP contribution in [-0.4, -0.2) is 12.2 Å². The van der Waals surface area contributed by atoms with E-state index >= 15 is 0 Å². The van der Waals surface area contributed by atoms with Gasteiger partial charge in [0.15, 0.2) is 0 Å². The van der Waals surface area contributed by atoms with Crippen molar-refractivity contribution in [1.82, 2.24) is 0 Å². The van der Waals surface area contributed by atoms with Crippen molar-refractivity contribution in [2.45, 2.75) is 30.2 Å². The second-order valence-electron chi connectivity index (χ2n) is 3.64. The first-order chi connectivity index (χ1) is 6.22. The molecule has 2 unspecified atom stereocenters. The number of hydrogen-bond acceptors (Lipinski definition) is 2. The number of ether oxygens (including phenoxy) is 1. The van der Waals surface area contributed by atoms with Gasteiger partial charge in [-0.25, -0.2) is 0 Å². The second kappa shape index (κ2) is 3.71. The minimum Gasteiger partial charge on any atom is -0.374 e. The van der Waals surface area contributed by atoms with Crippen molar-refractivity contribution in [1.29, 1.82) is 0 Å². The Morgan fingerprint density at radius 3 is 3.08 bits per heavy atom. The standard InChI is InChI=1S/C10H13BrOS/c1-10(5-3-6-12-10)9(11)8-4-2-7-13-8/h2,4,7,9H,3,5-6H2,1H3. The van der Waals surface area contributed by atoms with E-state index in [4.69, 9.17) is 4.74 Å². The van der Waals surface area contributed by atoms with Gasteiger partial charge >= 0.3 is 0 Å². The number of alkyl halides is 1. The molecule has 1 aromatic heterocycles. The Balaban J connectivity index is 2.16. The van der Waals surface area contributed by atoms with Crippen molar-refractivity contribution >= 4 is 27.3 Å². The van der Waals surface area contributed by atoms with Crippen molar-refractivity contribution < 1.29 is 4.74 Å².